The molecule has 0 aromatic heterocycles. The van der Waals surface area contributed by atoms with Crippen LogP contribution >= 0.6 is 12.1 Å². The van der Waals surface area contributed by atoms with Crippen molar-refractivity contribution in [1.29, 1.82) is 0 Å². The average Bonchev–Trinajstić information content (AvgIpc) is 2.95. The first-order chi connectivity index (χ1) is 13.1. The van der Waals surface area contributed by atoms with Crippen LogP contribution in [-0.2, 0) is 32.0 Å². The van der Waals surface area contributed by atoms with Crippen molar-refractivity contribution in [1.82, 2.24) is 8.61 Å². The number of fused-ring (bicyclic) bond motifs is 1. The van der Waals surface area contributed by atoms with Crippen molar-refractivity contribution >= 4 is 30.2 Å². The zero-order chi connectivity index (χ0) is 20.9. The van der Waals surface area contributed by atoms with Crippen LogP contribution in [0.3, 0.4) is 0 Å². The summed E-state index contributed by atoms with van der Waals surface area (Å²) >= 11 is 0.735. The molecule has 0 fully saturated rings. The monoisotopic (exact) mass is 412 g/mol. The van der Waals surface area contributed by atoms with Gasteiger partial charge in [0.1, 0.15) is 24.4 Å². The van der Waals surface area contributed by atoms with E-state index in [1.807, 2.05) is 26.0 Å². The Hall–Kier alpha value is -2.46. The van der Waals surface area contributed by atoms with Gasteiger partial charge < -0.3 is 19.3 Å². The third-order valence-electron chi connectivity index (χ3n) is 3.98. The summed E-state index contributed by atoms with van der Waals surface area (Å²) in [5.74, 6) is -0.535. The molecule has 154 valence electrons. The van der Waals surface area contributed by atoms with E-state index in [1.165, 1.54) is 18.5 Å². The standard InChI is InChI=1S/C18H24N2O7S/c1-18(2)8-12-6-5-7-13(16(12)27-18)9-20(17(23)24)28-19(10-14(21)25-3)11-15(22)26-4/h5-7H,8-11H2,1-4H3,(H,23,24). The molecule has 0 atom stereocenters. The summed E-state index contributed by atoms with van der Waals surface area (Å²) in [6.45, 7) is 3.38. The van der Waals surface area contributed by atoms with E-state index in [0.717, 1.165) is 28.4 Å². The number of benzene rings is 1. The van der Waals surface area contributed by atoms with Crippen LogP contribution in [0.1, 0.15) is 25.0 Å². The summed E-state index contributed by atoms with van der Waals surface area (Å²) in [6.07, 6.45) is -0.493. The number of carbonyl (C=O) groups excluding carboxylic acids is 2. The topological polar surface area (TPSA) is 106 Å². The van der Waals surface area contributed by atoms with Gasteiger partial charge in [-0.05, 0) is 19.4 Å². The Kier molecular flexibility index (Phi) is 7.14. The highest BCUT2D eigenvalue weighted by Crippen LogP contribution is 2.38. The Balaban J connectivity index is 2.19. The number of ether oxygens (including phenoxy) is 3. The molecule has 1 aromatic rings. The summed E-state index contributed by atoms with van der Waals surface area (Å²) in [7, 11) is 2.43. The molecule has 1 N–H and O–H groups in total. The second kappa shape index (κ2) is 9.16. The van der Waals surface area contributed by atoms with E-state index in [0.29, 0.717) is 11.3 Å². The predicted molar refractivity (Wildman–Crippen MR) is 102 cm³/mol. The van der Waals surface area contributed by atoms with E-state index in [-0.39, 0.29) is 25.2 Å². The van der Waals surface area contributed by atoms with Gasteiger partial charge in [-0.15, -0.1) is 0 Å². The molecule has 0 aliphatic carbocycles. The van der Waals surface area contributed by atoms with Crippen LogP contribution in [0.25, 0.3) is 0 Å². The molecular formula is C18H24N2O7S. The summed E-state index contributed by atoms with van der Waals surface area (Å²) in [5, 5.41) is 9.62. The molecule has 2 rings (SSSR count). The smallest absolute Gasteiger partial charge is 0.418 e. The minimum atomic E-state index is -1.22. The van der Waals surface area contributed by atoms with Crippen LogP contribution in [0.2, 0.25) is 0 Å². The highest BCUT2D eigenvalue weighted by molar-refractivity contribution is 7.95. The minimum Gasteiger partial charge on any atom is -0.487 e. The molecular weight excluding hydrogens is 388 g/mol. The van der Waals surface area contributed by atoms with Crippen LogP contribution in [0.15, 0.2) is 18.2 Å². The van der Waals surface area contributed by atoms with Crippen LogP contribution in [0.4, 0.5) is 4.79 Å². The lowest BCUT2D eigenvalue weighted by atomic mass is 10.0. The molecule has 0 unspecified atom stereocenters. The predicted octanol–water partition coefficient (Wildman–Crippen LogP) is 2.09. The molecule has 0 bridgehead atoms. The number of amides is 1. The van der Waals surface area contributed by atoms with Crippen LogP contribution in [-0.4, -0.2) is 64.7 Å². The van der Waals surface area contributed by atoms with Gasteiger partial charge in [0.25, 0.3) is 0 Å². The second-order valence-electron chi connectivity index (χ2n) is 6.80. The molecule has 28 heavy (non-hydrogen) atoms. The van der Waals surface area contributed by atoms with Crippen molar-refractivity contribution in [3.8, 4) is 5.75 Å². The second-order valence-corrected chi connectivity index (χ2v) is 7.92. The zero-order valence-corrected chi connectivity index (χ0v) is 17.1. The van der Waals surface area contributed by atoms with E-state index >= 15 is 0 Å². The quantitative estimate of drug-likeness (QED) is 0.507. The van der Waals surface area contributed by atoms with E-state index < -0.39 is 18.0 Å². The van der Waals surface area contributed by atoms with Gasteiger partial charge in [0, 0.05) is 24.1 Å². The first-order valence-corrected chi connectivity index (χ1v) is 9.25. The van der Waals surface area contributed by atoms with Gasteiger partial charge in [-0.1, -0.05) is 18.2 Å². The fourth-order valence-corrected chi connectivity index (χ4v) is 3.63. The molecule has 0 radical (unpaired) electrons. The van der Waals surface area contributed by atoms with Crippen LogP contribution < -0.4 is 4.74 Å². The highest BCUT2D eigenvalue weighted by atomic mass is 32.2. The number of hydrogen-bond acceptors (Lipinski definition) is 8. The Morgan fingerprint density at radius 1 is 1.18 bits per heavy atom. The van der Waals surface area contributed by atoms with Crippen molar-refractivity contribution in [2.75, 3.05) is 27.3 Å². The molecule has 0 saturated heterocycles. The van der Waals surface area contributed by atoms with Crippen molar-refractivity contribution in [2.45, 2.75) is 32.4 Å². The zero-order valence-electron chi connectivity index (χ0n) is 16.3. The SMILES string of the molecule is COC(=O)CN(CC(=O)OC)SN(Cc1cccc2c1OC(C)(C)C2)C(=O)O. The normalized spacial score (nSPS) is 14.2. The lowest BCUT2D eigenvalue weighted by Crippen LogP contribution is -2.35. The van der Waals surface area contributed by atoms with Gasteiger partial charge in [-0.3, -0.25) is 9.59 Å². The number of esters is 2. The van der Waals surface area contributed by atoms with Crippen molar-refractivity contribution in [3.63, 3.8) is 0 Å². The van der Waals surface area contributed by atoms with E-state index in [1.54, 1.807) is 6.07 Å². The van der Waals surface area contributed by atoms with Gasteiger partial charge in [0.15, 0.2) is 0 Å². The molecule has 1 aliphatic heterocycles. The number of para-hydroxylation sites is 1. The fourth-order valence-electron chi connectivity index (χ4n) is 2.76. The summed E-state index contributed by atoms with van der Waals surface area (Å²) in [6, 6.07) is 5.60. The lowest BCUT2D eigenvalue weighted by Gasteiger charge is -2.26. The van der Waals surface area contributed by atoms with E-state index in [4.69, 9.17) is 4.74 Å². The Bertz CT molecular complexity index is 735. The summed E-state index contributed by atoms with van der Waals surface area (Å²) < 4.78 is 17.5. The lowest BCUT2D eigenvalue weighted by molar-refractivity contribution is -0.143. The van der Waals surface area contributed by atoms with Crippen molar-refractivity contribution in [2.24, 2.45) is 0 Å². The van der Waals surface area contributed by atoms with Crippen molar-refractivity contribution < 1.29 is 33.7 Å². The third kappa shape index (κ3) is 5.77. The van der Waals surface area contributed by atoms with Gasteiger partial charge in [-0.2, -0.15) is 0 Å². The third-order valence-corrected chi connectivity index (χ3v) is 4.95. The van der Waals surface area contributed by atoms with Gasteiger partial charge >= 0.3 is 18.0 Å². The summed E-state index contributed by atoms with van der Waals surface area (Å²) in [4.78, 5) is 35.0. The highest BCUT2D eigenvalue weighted by Gasteiger charge is 2.33. The number of hydrogen-bond donors (Lipinski definition) is 1. The Labute approximate surface area is 167 Å². The Morgan fingerprint density at radius 3 is 2.32 bits per heavy atom. The number of methoxy groups -OCH3 is 2. The van der Waals surface area contributed by atoms with Crippen LogP contribution in [0.5, 0.6) is 5.75 Å². The van der Waals surface area contributed by atoms with Crippen LogP contribution in [0, 0.1) is 0 Å². The van der Waals surface area contributed by atoms with Gasteiger partial charge in [0.2, 0.25) is 0 Å². The molecule has 9 nitrogen and oxygen atoms in total. The van der Waals surface area contributed by atoms with Gasteiger partial charge in [0.05, 0.1) is 20.8 Å². The largest absolute Gasteiger partial charge is 0.487 e. The molecule has 10 heteroatoms. The average molecular weight is 412 g/mol. The number of rotatable bonds is 8. The number of nitrogens with zero attached hydrogens (tertiary/aromatic N) is 2. The van der Waals surface area contributed by atoms with Crippen molar-refractivity contribution in [3.05, 3.63) is 29.3 Å². The number of carbonyl (C=O) groups is 3. The molecule has 1 amide bonds. The maximum Gasteiger partial charge on any atom is 0.418 e. The maximum absolute atomic E-state index is 11.8. The molecule has 1 aromatic carbocycles. The summed E-state index contributed by atoms with van der Waals surface area (Å²) in [5.41, 5.74) is 1.36. The Morgan fingerprint density at radius 2 is 1.79 bits per heavy atom. The van der Waals surface area contributed by atoms with E-state index in [9.17, 15) is 19.5 Å². The first kappa shape index (κ1) is 21.8. The van der Waals surface area contributed by atoms with Gasteiger partial charge in [-0.25, -0.2) is 13.4 Å². The minimum absolute atomic E-state index is 0.0120. The number of carboxylic acid groups (broad SMARTS) is 1. The first-order valence-electron chi connectivity index (χ1n) is 8.52. The van der Waals surface area contributed by atoms with E-state index in [2.05, 4.69) is 9.47 Å². The molecule has 0 spiro atoms. The molecule has 0 saturated carbocycles. The molecule has 1 aliphatic rings. The maximum atomic E-state index is 11.8. The molecule has 1 heterocycles. The fraction of sp³-hybridized carbons (Fsp3) is 0.500.